The summed E-state index contributed by atoms with van der Waals surface area (Å²) in [6, 6.07) is 17.1. The molecule has 0 saturated carbocycles. The molecule has 1 heterocycles. The average molecular weight is 449 g/mol. The van der Waals surface area contributed by atoms with Crippen LogP contribution < -0.4 is 16.2 Å². The van der Waals surface area contributed by atoms with Crippen LogP contribution >= 0.6 is 46.9 Å². The number of carbonyl (C=O) groups is 1. The molecule has 0 unspecified atom stereocenters. The largest absolute Gasteiger partial charge is 0.331 e. The number of halogens is 1. The van der Waals surface area contributed by atoms with Crippen molar-refractivity contribution in [1.29, 1.82) is 0 Å². The number of nitrogens with one attached hydrogen (secondary N) is 3. The highest BCUT2D eigenvalue weighted by Crippen LogP contribution is 2.24. The van der Waals surface area contributed by atoms with Crippen LogP contribution in [0.15, 0.2) is 60.0 Å². The van der Waals surface area contributed by atoms with Crippen LogP contribution in [0.2, 0.25) is 5.02 Å². The maximum absolute atomic E-state index is 11.9. The minimum Gasteiger partial charge on any atom is -0.331 e. The third-order valence-electron chi connectivity index (χ3n) is 3.50. The molecule has 28 heavy (non-hydrogen) atoms. The van der Waals surface area contributed by atoms with Gasteiger partial charge >= 0.3 is 0 Å². The van der Waals surface area contributed by atoms with Gasteiger partial charge in [-0.2, -0.15) is 0 Å². The van der Waals surface area contributed by atoms with Gasteiger partial charge in [-0.25, -0.2) is 4.98 Å². The molecular formula is C19H17ClN4OS3. The molecule has 0 aliphatic rings. The lowest BCUT2D eigenvalue weighted by atomic mass is 10.2. The second-order valence-electron chi connectivity index (χ2n) is 5.62. The van der Waals surface area contributed by atoms with Gasteiger partial charge in [0, 0.05) is 27.4 Å². The smallest absolute Gasteiger partial charge is 0.248 e. The lowest BCUT2D eigenvalue weighted by Gasteiger charge is -2.11. The van der Waals surface area contributed by atoms with Crippen LogP contribution in [0.3, 0.4) is 0 Å². The Hall–Kier alpha value is -2.13. The van der Waals surface area contributed by atoms with Crippen molar-refractivity contribution >= 4 is 63.6 Å². The molecule has 0 aliphatic heterocycles. The molecule has 0 fully saturated rings. The van der Waals surface area contributed by atoms with Gasteiger partial charge in [-0.3, -0.25) is 15.6 Å². The van der Waals surface area contributed by atoms with Gasteiger partial charge in [-0.15, -0.1) is 23.1 Å². The molecule has 5 nitrogen and oxygen atoms in total. The molecule has 144 valence electrons. The molecular weight excluding hydrogens is 432 g/mol. The lowest BCUT2D eigenvalue weighted by Crippen LogP contribution is -2.44. The van der Waals surface area contributed by atoms with E-state index in [-0.39, 0.29) is 5.91 Å². The Morgan fingerprint density at radius 2 is 1.86 bits per heavy atom. The third kappa shape index (κ3) is 6.49. The highest BCUT2D eigenvalue weighted by atomic mass is 35.5. The van der Waals surface area contributed by atoms with Crippen LogP contribution in [0.5, 0.6) is 0 Å². The minimum absolute atomic E-state index is 0.162. The van der Waals surface area contributed by atoms with Gasteiger partial charge in [-0.05, 0) is 36.5 Å². The van der Waals surface area contributed by atoms with Crippen LogP contribution in [-0.4, -0.2) is 21.8 Å². The Kier molecular flexibility index (Phi) is 7.67. The van der Waals surface area contributed by atoms with Gasteiger partial charge in [0.25, 0.3) is 0 Å². The van der Waals surface area contributed by atoms with Gasteiger partial charge in [0.1, 0.15) is 5.01 Å². The normalized spacial score (nSPS) is 10.3. The van der Waals surface area contributed by atoms with E-state index in [1.807, 2.05) is 35.7 Å². The number of thiazole rings is 1. The SMILES string of the molecule is O=C(CSCc1nc(-c2ccccc2)cs1)NNC(=S)Nc1ccc(Cl)cc1. The van der Waals surface area contributed by atoms with E-state index >= 15 is 0 Å². The molecule has 1 aromatic heterocycles. The van der Waals surface area contributed by atoms with Crippen molar-refractivity contribution in [3.05, 3.63) is 70.0 Å². The zero-order chi connectivity index (χ0) is 19.8. The highest BCUT2D eigenvalue weighted by Gasteiger charge is 2.07. The molecule has 9 heteroatoms. The monoisotopic (exact) mass is 448 g/mol. The Morgan fingerprint density at radius 1 is 1.11 bits per heavy atom. The maximum Gasteiger partial charge on any atom is 0.248 e. The van der Waals surface area contributed by atoms with Crippen LogP contribution in [0.25, 0.3) is 11.3 Å². The third-order valence-corrected chi connectivity index (χ3v) is 5.93. The molecule has 3 aromatic rings. The van der Waals surface area contributed by atoms with Crippen molar-refractivity contribution < 1.29 is 4.79 Å². The standard InChI is InChI=1S/C19H17ClN4OS3/c20-14-6-8-15(9-7-14)21-19(26)24-23-17(25)11-27-12-18-22-16(10-28-18)13-4-2-1-3-5-13/h1-10H,11-12H2,(H,23,25)(H2,21,24,26). The van der Waals surface area contributed by atoms with Crippen LogP contribution in [0.1, 0.15) is 5.01 Å². The minimum atomic E-state index is -0.162. The summed E-state index contributed by atoms with van der Waals surface area (Å²) in [5.41, 5.74) is 8.10. The maximum atomic E-state index is 11.9. The first-order chi connectivity index (χ1) is 13.6. The predicted molar refractivity (Wildman–Crippen MR) is 123 cm³/mol. The van der Waals surface area contributed by atoms with Gasteiger partial charge in [0.2, 0.25) is 5.91 Å². The van der Waals surface area contributed by atoms with E-state index in [4.69, 9.17) is 23.8 Å². The molecule has 0 bridgehead atoms. The fraction of sp³-hybridized carbons (Fsp3) is 0.105. The lowest BCUT2D eigenvalue weighted by molar-refractivity contribution is -0.119. The summed E-state index contributed by atoms with van der Waals surface area (Å²) in [4.78, 5) is 16.6. The summed E-state index contributed by atoms with van der Waals surface area (Å²) < 4.78 is 0. The number of amides is 1. The van der Waals surface area contributed by atoms with Gasteiger partial charge in [0.05, 0.1) is 11.4 Å². The molecule has 2 aromatic carbocycles. The van der Waals surface area contributed by atoms with Crippen molar-refractivity contribution in [1.82, 2.24) is 15.8 Å². The first-order valence-corrected chi connectivity index (χ1v) is 11.1. The fourth-order valence-corrected chi connectivity index (χ4v) is 4.21. The number of thiocarbonyl (C=S) groups is 1. The zero-order valence-electron chi connectivity index (χ0n) is 14.6. The van der Waals surface area contributed by atoms with Crippen molar-refractivity contribution in [2.45, 2.75) is 5.75 Å². The predicted octanol–water partition coefficient (Wildman–Crippen LogP) is 4.71. The molecule has 0 radical (unpaired) electrons. The van der Waals surface area contributed by atoms with E-state index in [1.54, 1.807) is 35.6 Å². The number of thioether (sulfide) groups is 1. The Morgan fingerprint density at radius 3 is 2.61 bits per heavy atom. The first-order valence-electron chi connectivity index (χ1n) is 8.29. The van der Waals surface area contributed by atoms with Crippen LogP contribution in [0.4, 0.5) is 5.69 Å². The van der Waals surface area contributed by atoms with Crippen molar-refractivity contribution in [3.8, 4) is 11.3 Å². The number of hydrogen-bond acceptors (Lipinski definition) is 5. The Bertz CT molecular complexity index is 932. The van der Waals surface area contributed by atoms with E-state index in [0.29, 0.717) is 21.6 Å². The number of benzene rings is 2. The second-order valence-corrected chi connectivity index (χ2v) is 8.39. The number of hydrogen-bond donors (Lipinski definition) is 3. The number of aromatic nitrogens is 1. The van der Waals surface area contributed by atoms with Crippen molar-refractivity contribution in [2.75, 3.05) is 11.1 Å². The summed E-state index contributed by atoms with van der Waals surface area (Å²) in [6.45, 7) is 0. The molecule has 3 N–H and O–H groups in total. The number of anilines is 1. The fourth-order valence-electron chi connectivity index (χ4n) is 2.21. The number of carbonyl (C=O) groups excluding carboxylic acids is 1. The quantitative estimate of drug-likeness (QED) is 0.374. The average Bonchev–Trinajstić information content (AvgIpc) is 3.18. The highest BCUT2D eigenvalue weighted by molar-refractivity contribution is 7.99. The Balaban J connectivity index is 1.36. The van der Waals surface area contributed by atoms with Crippen molar-refractivity contribution in [2.24, 2.45) is 0 Å². The van der Waals surface area contributed by atoms with E-state index in [1.165, 1.54) is 11.8 Å². The molecule has 0 aliphatic carbocycles. The summed E-state index contributed by atoms with van der Waals surface area (Å²) in [6.07, 6.45) is 0. The van der Waals surface area contributed by atoms with E-state index < -0.39 is 0 Å². The topological polar surface area (TPSA) is 66.0 Å². The Labute approximate surface area is 181 Å². The molecule has 0 saturated heterocycles. The van der Waals surface area contributed by atoms with Crippen LogP contribution in [-0.2, 0) is 10.5 Å². The number of nitrogens with zero attached hydrogens (tertiary/aromatic N) is 1. The van der Waals surface area contributed by atoms with E-state index in [9.17, 15) is 4.79 Å². The van der Waals surface area contributed by atoms with Gasteiger partial charge < -0.3 is 5.32 Å². The second kappa shape index (κ2) is 10.4. The number of hydrazine groups is 1. The molecule has 0 spiro atoms. The summed E-state index contributed by atoms with van der Waals surface area (Å²) in [5, 5.41) is 6.93. The molecule has 0 atom stereocenters. The van der Waals surface area contributed by atoms with Crippen molar-refractivity contribution in [3.63, 3.8) is 0 Å². The van der Waals surface area contributed by atoms with Crippen LogP contribution in [0, 0.1) is 0 Å². The van der Waals surface area contributed by atoms with E-state index in [2.05, 4.69) is 21.2 Å². The summed E-state index contributed by atoms with van der Waals surface area (Å²) in [5.74, 6) is 0.819. The first kappa shape index (κ1) is 20.6. The van der Waals surface area contributed by atoms with Gasteiger partial charge in [0.15, 0.2) is 5.11 Å². The number of rotatable bonds is 6. The molecule has 3 rings (SSSR count). The van der Waals surface area contributed by atoms with Gasteiger partial charge in [-0.1, -0.05) is 41.9 Å². The summed E-state index contributed by atoms with van der Waals surface area (Å²) in [7, 11) is 0. The zero-order valence-corrected chi connectivity index (χ0v) is 17.9. The molecule has 1 amide bonds. The van der Waals surface area contributed by atoms with E-state index in [0.717, 1.165) is 22.0 Å². The summed E-state index contributed by atoms with van der Waals surface area (Å²) >= 11 is 14.1.